The molecule has 6 nitrogen and oxygen atoms in total. The molecule has 2 heterocycles. The van der Waals surface area contributed by atoms with E-state index in [-0.39, 0.29) is 23.5 Å². The van der Waals surface area contributed by atoms with Crippen LogP contribution >= 0.6 is 0 Å². The van der Waals surface area contributed by atoms with Crippen molar-refractivity contribution >= 4 is 11.9 Å². The maximum atomic E-state index is 12.3. The molecule has 1 aromatic heterocycles. The van der Waals surface area contributed by atoms with Gasteiger partial charge in [0.1, 0.15) is 11.8 Å². The molecule has 0 aromatic carbocycles. The molecule has 1 amide bonds. The SMILES string of the molecule is COC(=O)C1CCCN(C(=O)c2ccc(C#N)cn2)C1. The van der Waals surface area contributed by atoms with Gasteiger partial charge in [0.2, 0.25) is 0 Å². The third-order valence-electron chi connectivity index (χ3n) is 3.35. The number of amides is 1. The molecule has 20 heavy (non-hydrogen) atoms. The maximum Gasteiger partial charge on any atom is 0.310 e. The van der Waals surface area contributed by atoms with Crippen LogP contribution in [0.4, 0.5) is 0 Å². The fourth-order valence-electron chi connectivity index (χ4n) is 2.27. The molecule has 1 atom stereocenters. The van der Waals surface area contributed by atoms with Gasteiger partial charge in [0.05, 0.1) is 18.6 Å². The zero-order valence-electron chi connectivity index (χ0n) is 11.2. The Labute approximate surface area is 117 Å². The lowest BCUT2D eigenvalue weighted by molar-refractivity contribution is -0.146. The minimum atomic E-state index is -0.282. The monoisotopic (exact) mass is 273 g/mol. The fraction of sp³-hybridized carbons (Fsp3) is 0.429. The molecule has 1 fully saturated rings. The maximum absolute atomic E-state index is 12.3. The van der Waals surface area contributed by atoms with E-state index in [1.807, 2.05) is 6.07 Å². The zero-order valence-corrected chi connectivity index (χ0v) is 11.2. The summed E-state index contributed by atoms with van der Waals surface area (Å²) < 4.78 is 4.73. The minimum absolute atomic E-state index is 0.219. The average Bonchev–Trinajstić information content (AvgIpc) is 2.53. The molecule has 0 aliphatic carbocycles. The normalized spacial score (nSPS) is 18.2. The smallest absolute Gasteiger partial charge is 0.310 e. The van der Waals surface area contributed by atoms with Crippen LogP contribution in [-0.2, 0) is 9.53 Å². The topological polar surface area (TPSA) is 83.3 Å². The van der Waals surface area contributed by atoms with E-state index >= 15 is 0 Å². The van der Waals surface area contributed by atoms with Crippen molar-refractivity contribution in [2.45, 2.75) is 12.8 Å². The molecular formula is C14H15N3O3. The predicted octanol–water partition coefficient (Wildman–Crippen LogP) is 0.978. The summed E-state index contributed by atoms with van der Waals surface area (Å²) >= 11 is 0. The van der Waals surface area contributed by atoms with Crippen molar-refractivity contribution in [1.82, 2.24) is 9.88 Å². The third kappa shape index (κ3) is 2.94. The Kier molecular flexibility index (Phi) is 4.31. The van der Waals surface area contributed by atoms with Crippen LogP contribution in [0.1, 0.15) is 28.9 Å². The van der Waals surface area contributed by atoms with Gasteiger partial charge in [-0.2, -0.15) is 5.26 Å². The summed E-state index contributed by atoms with van der Waals surface area (Å²) in [4.78, 5) is 29.4. The van der Waals surface area contributed by atoms with Gasteiger partial charge in [-0.3, -0.25) is 9.59 Å². The van der Waals surface area contributed by atoms with Crippen molar-refractivity contribution < 1.29 is 14.3 Å². The summed E-state index contributed by atoms with van der Waals surface area (Å²) in [7, 11) is 1.35. The number of carbonyl (C=O) groups is 2. The number of hydrogen-bond acceptors (Lipinski definition) is 5. The van der Waals surface area contributed by atoms with Crippen LogP contribution in [0.25, 0.3) is 0 Å². The Hall–Kier alpha value is -2.42. The minimum Gasteiger partial charge on any atom is -0.469 e. The van der Waals surface area contributed by atoms with Gasteiger partial charge >= 0.3 is 5.97 Å². The quantitative estimate of drug-likeness (QED) is 0.750. The second-order valence-corrected chi connectivity index (χ2v) is 4.66. The highest BCUT2D eigenvalue weighted by molar-refractivity contribution is 5.92. The summed E-state index contributed by atoms with van der Waals surface area (Å²) in [5.74, 6) is -0.769. The van der Waals surface area contributed by atoms with Gasteiger partial charge in [0.15, 0.2) is 0 Å². The van der Waals surface area contributed by atoms with Gasteiger partial charge in [-0.1, -0.05) is 0 Å². The van der Waals surface area contributed by atoms with Gasteiger partial charge in [-0.25, -0.2) is 4.98 Å². The van der Waals surface area contributed by atoms with E-state index < -0.39 is 0 Å². The number of ether oxygens (including phenoxy) is 1. The summed E-state index contributed by atoms with van der Waals surface area (Å²) in [6.45, 7) is 0.960. The van der Waals surface area contributed by atoms with E-state index in [2.05, 4.69) is 4.98 Å². The molecule has 104 valence electrons. The number of esters is 1. The Morgan fingerprint density at radius 3 is 2.90 bits per heavy atom. The van der Waals surface area contributed by atoms with Crippen LogP contribution in [0.3, 0.4) is 0 Å². The molecule has 6 heteroatoms. The van der Waals surface area contributed by atoms with E-state index in [9.17, 15) is 9.59 Å². The van der Waals surface area contributed by atoms with Gasteiger partial charge in [-0.15, -0.1) is 0 Å². The molecular weight excluding hydrogens is 258 g/mol. The number of nitriles is 1. The highest BCUT2D eigenvalue weighted by Crippen LogP contribution is 2.19. The molecule has 0 saturated carbocycles. The standard InChI is InChI=1S/C14H15N3O3/c1-20-14(19)11-3-2-6-17(9-11)13(18)12-5-4-10(7-15)8-16-12/h4-5,8,11H,2-3,6,9H2,1H3. The van der Waals surface area contributed by atoms with Crippen molar-refractivity contribution in [1.29, 1.82) is 5.26 Å². The van der Waals surface area contributed by atoms with E-state index in [0.29, 0.717) is 18.7 Å². The Bertz CT molecular complexity index is 548. The number of nitrogens with zero attached hydrogens (tertiary/aromatic N) is 3. The van der Waals surface area contributed by atoms with Crippen molar-refractivity contribution in [3.63, 3.8) is 0 Å². The average molecular weight is 273 g/mol. The van der Waals surface area contributed by atoms with Crippen molar-refractivity contribution in [2.75, 3.05) is 20.2 Å². The molecule has 1 aliphatic rings. The zero-order chi connectivity index (χ0) is 14.5. The first-order valence-electron chi connectivity index (χ1n) is 6.39. The first-order valence-corrected chi connectivity index (χ1v) is 6.39. The van der Waals surface area contributed by atoms with Gasteiger partial charge in [-0.05, 0) is 25.0 Å². The van der Waals surface area contributed by atoms with Crippen LogP contribution in [0.15, 0.2) is 18.3 Å². The van der Waals surface area contributed by atoms with E-state index in [4.69, 9.17) is 10.00 Å². The number of hydrogen-bond donors (Lipinski definition) is 0. The second-order valence-electron chi connectivity index (χ2n) is 4.66. The van der Waals surface area contributed by atoms with Crippen LogP contribution in [0, 0.1) is 17.2 Å². The predicted molar refractivity (Wildman–Crippen MR) is 69.6 cm³/mol. The first-order chi connectivity index (χ1) is 9.65. The molecule has 0 bridgehead atoms. The number of aromatic nitrogens is 1. The van der Waals surface area contributed by atoms with Crippen molar-refractivity contribution in [2.24, 2.45) is 5.92 Å². The molecule has 0 spiro atoms. The van der Waals surface area contributed by atoms with E-state index in [0.717, 1.165) is 12.8 Å². The summed E-state index contributed by atoms with van der Waals surface area (Å²) in [6.07, 6.45) is 2.87. The van der Waals surface area contributed by atoms with Gasteiger partial charge in [0.25, 0.3) is 5.91 Å². The number of carbonyl (C=O) groups excluding carboxylic acids is 2. The van der Waals surface area contributed by atoms with E-state index in [1.165, 1.54) is 19.4 Å². The highest BCUT2D eigenvalue weighted by atomic mass is 16.5. The fourth-order valence-corrected chi connectivity index (χ4v) is 2.27. The number of pyridine rings is 1. The Balaban J connectivity index is 2.08. The summed E-state index contributed by atoms with van der Waals surface area (Å²) in [5.41, 5.74) is 0.696. The summed E-state index contributed by atoms with van der Waals surface area (Å²) in [5, 5.41) is 8.70. The van der Waals surface area contributed by atoms with Crippen LogP contribution < -0.4 is 0 Å². The first kappa shape index (κ1) is 14.0. The summed E-state index contributed by atoms with van der Waals surface area (Å²) in [6, 6.07) is 5.04. The van der Waals surface area contributed by atoms with Crippen molar-refractivity contribution in [3.05, 3.63) is 29.6 Å². The van der Waals surface area contributed by atoms with Gasteiger partial charge in [0, 0.05) is 19.3 Å². The van der Waals surface area contributed by atoms with Crippen molar-refractivity contribution in [3.8, 4) is 6.07 Å². The lowest BCUT2D eigenvalue weighted by Crippen LogP contribution is -2.42. The van der Waals surface area contributed by atoms with Gasteiger partial charge < -0.3 is 9.64 Å². The Morgan fingerprint density at radius 1 is 1.50 bits per heavy atom. The molecule has 2 rings (SSSR count). The molecule has 0 N–H and O–H groups in total. The molecule has 1 aromatic rings. The number of methoxy groups -OCH3 is 1. The number of rotatable bonds is 2. The third-order valence-corrected chi connectivity index (χ3v) is 3.35. The molecule has 1 aliphatic heterocycles. The van der Waals surface area contributed by atoms with E-state index in [1.54, 1.807) is 11.0 Å². The lowest BCUT2D eigenvalue weighted by Gasteiger charge is -2.31. The highest BCUT2D eigenvalue weighted by Gasteiger charge is 2.29. The number of likely N-dealkylation sites (tertiary alicyclic amines) is 1. The van der Waals surface area contributed by atoms with Crippen LogP contribution in [-0.4, -0.2) is 42.0 Å². The second kappa shape index (κ2) is 6.15. The number of piperidine rings is 1. The lowest BCUT2D eigenvalue weighted by atomic mass is 9.98. The van der Waals surface area contributed by atoms with Crippen LogP contribution in [0.5, 0.6) is 0 Å². The molecule has 1 unspecified atom stereocenters. The largest absolute Gasteiger partial charge is 0.469 e. The molecule has 0 radical (unpaired) electrons. The molecule has 1 saturated heterocycles. The Morgan fingerprint density at radius 2 is 2.30 bits per heavy atom. The van der Waals surface area contributed by atoms with Crippen LogP contribution in [0.2, 0.25) is 0 Å².